The molecule has 0 aliphatic heterocycles. The summed E-state index contributed by atoms with van der Waals surface area (Å²) in [6, 6.07) is 10.8. The lowest BCUT2D eigenvalue weighted by Crippen LogP contribution is -2.24. The Morgan fingerprint density at radius 3 is 2.56 bits per heavy atom. The van der Waals surface area contributed by atoms with Crippen LogP contribution >= 0.6 is 0 Å². The van der Waals surface area contributed by atoms with Gasteiger partial charge in [-0.1, -0.05) is 11.6 Å². The normalized spacial score (nSPS) is 10.7. The Labute approximate surface area is 157 Å². The Morgan fingerprint density at radius 2 is 1.89 bits per heavy atom. The molecule has 0 bridgehead atoms. The molecule has 2 aromatic carbocycles. The predicted molar refractivity (Wildman–Crippen MR) is 106 cm³/mol. The van der Waals surface area contributed by atoms with Crippen molar-refractivity contribution in [1.82, 2.24) is 4.57 Å². The average molecular weight is 366 g/mol. The van der Waals surface area contributed by atoms with E-state index in [2.05, 4.69) is 5.32 Å². The largest absolute Gasteiger partial charge is 0.497 e. The van der Waals surface area contributed by atoms with Crippen LogP contribution in [0.3, 0.4) is 0 Å². The van der Waals surface area contributed by atoms with Crippen LogP contribution in [0.15, 0.2) is 47.4 Å². The second kappa shape index (κ2) is 7.53. The molecule has 3 aromatic rings. The van der Waals surface area contributed by atoms with Crippen LogP contribution in [-0.2, 0) is 6.54 Å². The van der Waals surface area contributed by atoms with Crippen LogP contribution < -0.4 is 20.2 Å². The zero-order valence-corrected chi connectivity index (χ0v) is 15.8. The van der Waals surface area contributed by atoms with E-state index in [4.69, 9.17) is 9.47 Å². The van der Waals surface area contributed by atoms with E-state index < -0.39 is 5.91 Å². The topological polar surface area (TPSA) is 69.6 Å². The van der Waals surface area contributed by atoms with E-state index in [1.807, 2.05) is 36.6 Å². The van der Waals surface area contributed by atoms with Gasteiger partial charge in [-0.05, 0) is 38.1 Å². The molecule has 3 rings (SSSR count). The maximum atomic E-state index is 12.9. The fourth-order valence-electron chi connectivity index (χ4n) is 3.04. The molecule has 0 saturated heterocycles. The minimum Gasteiger partial charge on any atom is -0.497 e. The average Bonchev–Trinajstić information content (AvgIpc) is 2.68. The number of methoxy groups -OCH3 is 2. The Kier molecular flexibility index (Phi) is 5.16. The van der Waals surface area contributed by atoms with Crippen LogP contribution in [-0.4, -0.2) is 24.7 Å². The molecule has 0 atom stereocenters. The zero-order valence-electron chi connectivity index (χ0n) is 15.8. The first-order valence-corrected chi connectivity index (χ1v) is 8.65. The third-order valence-electron chi connectivity index (χ3n) is 4.48. The van der Waals surface area contributed by atoms with E-state index in [1.165, 1.54) is 7.11 Å². The van der Waals surface area contributed by atoms with Gasteiger partial charge >= 0.3 is 0 Å². The first-order valence-electron chi connectivity index (χ1n) is 8.65. The maximum absolute atomic E-state index is 12.9. The number of carbonyl (C=O) groups excluding carboxylic acids is 1. The molecule has 0 aliphatic rings. The van der Waals surface area contributed by atoms with Gasteiger partial charge < -0.3 is 19.4 Å². The lowest BCUT2D eigenvalue weighted by molar-refractivity contribution is 0.102. The number of rotatable bonds is 5. The monoisotopic (exact) mass is 366 g/mol. The highest BCUT2D eigenvalue weighted by atomic mass is 16.5. The van der Waals surface area contributed by atoms with Gasteiger partial charge in [0.05, 0.1) is 25.4 Å². The summed E-state index contributed by atoms with van der Waals surface area (Å²) in [5.41, 5.74) is 2.00. The quantitative estimate of drug-likeness (QED) is 0.749. The van der Waals surface area contributed by atoms with Crippen LogP contribution in [0.5, 0.6) is 11.5 Å². The molecule has 6 nitrogen and oxygen atoms in total. The summed E-state index contributed by atoms with van der Waals surface area (Å²) in [6.07, 6.45) is 1.60. The maximum Gasteiger partial charge on any atom is 0.261 e. The summed E-state index contributed by atoms with van der Waals surface area (Å²) in [7, 11) is 3.05. The zero-order chi connectivity index (χ0) is 19.6. The number of nitrogens with zero attached hydrogens (tertiary/aromatic N) is 1. The van der Waals surface area contributed by atoms with Crippen molar-refractivity contribution in [3.8, 4) is 11.5 Å². The number of carbonyl (C=O) groups is 1. The number of ether oxygens (including phenoxy) is 2. The van der Waals surface area contributed by atoms with Crippen LogP contribution in [0.25, 0.3) is 10.9 Å². The molecular formula is C21H22N2O4. The summed E-state index contributed by atoms with van der Waals surface area (Å²) in [5.74, 6) is 0.569. The molecular weight excluding hydrogens is 344 g/mol. The van der Waals surface area contributed by atoms with Crippen LogP contribution in [0, 0.1) is 6.92 Å². The van der Waals surface area contributed by atoms with E-state index in [1.54, 1.807) is 31.5 Å². The molecule has 0 radical (unpaired) electrons. The molecule has 1 aromatic heterocycles. The summed E-state index contributed by atoms with van der Waals surface area (Å²) >= 11 is 0. The number of aromatic nitrogens is 1. The number of hydrogen-bond donors (Lipinski definition) is 1. The second-order valence-electron chi connectivity index (χ2n) is 6.20. The third kappa shape index (κ3) is 3.51. The van der Waals surface area contributed by atoms with E-state index in [0.717, 1.165) is 11.1 Å². The third-order valence-corrected chi connectivity index (χ3v) is 4.48. The van der Waals surface area contributed by atoms with Crippen molar-refractivity contribution in [2.75, 3.05) is 19.5 Å². The molecule has 27 heavy (non-hydrogen) atoms. The highest BCUT2D eigenvalue weighted by Gasteiger charge is 2.17. The minimum absolute atomic E-state index is 0.0832. The molecule has 0 unspecified atom stereocenters. The molecule has 1 heterocycles. The molecule has 0 saturated carbocycles. The standard InChI is InChI=1S/C21H22N2O4/c1-5-23-12-16(20(24)15-10-13(2)6-8-18(15)23)21(25)22-17-11-14(26-3)7-9-19(17)27-4/h6-12H,5H2,1-4H3,(H,22,25). The van der Waals surface area contributed by atoms with Crippen molar-refractivity contribution in [2.45, 2.75) is 20.4 Å². The van der Waals surface area contributed by atoms with Crippen molar-refractivity contribution in [1.29, 1.82) is 0 Å². The first kappa shape index (κ1) is 18.5. The van der Waals surface area contributed by atoms with Crippen LogP contribution in [0.4, 0.5) is 5.69 Å². The SMILES string of the molecule is CCn1cc(C(=O)Nc2cc(OC)ccc2OC)c(=O)c2cc(C)ccc21. The lowest BCUT2D eigenvalue weighted by atomic mass is 10.1. The van der Waals surface area contributed by atoms with Crippen molar-refractivity contribution in [3.05, 3.63) is 63.9 Å². The Hall–Kier alpha value is -3.28. The molecule has 0 fully saturated rings. The van der Waals surface area contributed by atoms with E-state index in [9.17, 15) is 9.59 Å². The predicted octanol–water partition coefficient (Wildman–Crippen LogP) is 3.60. The smallest absolute Gasteiger partial charge is 0.261 e. The Bertz CT molecular complexity index is 1070. The molecule has 1 N–H and O–H groups in total. The molecule has 1 amide bonds. The number of nitrogens with one attached hydrogen (secondary N) is 1. The summed E-state index contributed by atoms with van der Waals surface area (Å²) in [4.78, 5) is 25.8. The van der Waals surface area contributed by atoms with Gasteiger partial charge in [0.1, 0.15) is 17.1 Å². The number of anilines is 1. The van der Waals surface area contributed by atoms with Crippen LogP contribution in [0.1, 0.15) is 22.8 Å². The Morgan fingerprint density at radius 1 is 1.11 bits per heavy atom. The van der Waals surface area contributed by atoms with Crippen molar-refractivity contribution in [3.63, 3.8) is 0 Å². The van der Waals surface area contributed by atoms with E-state index >= 15 is 0 Å². The van der Waals surface area contributed by atoms with Gasteiger partial charge in [0, 0.05) is 24.2 Å². The van der Waals surface area contributed by atoms with Crippen molar-refractivity contribution in [2.24, 2.45) is 0 Å². The van der Waals surface area contributed by atoms with E-state index in [-0.39, 0.29) is 11.0 Å². The fraction of sp³-hybridized carbons (Fsp3) is 0.238. The summed E-state index contributed by atoms with van der Waals surface area (Å²) in [5, 5.41) is 3.30. The Balaban J connectivity index is 2.09. The number of hydrogen-bond acceptors (Lipinski definition) is 4. The van der Waals surface area contributed by atoms with Gasteiger partial charge in [0.2, 0.25) is 5.43 Å². The second-order valence-corrected chi connectivity index (χ2v) is 6.20. The van der Waals surface area contributed by atoms with Crippen LogP contribution in [0.2, 0.25) is 0 Å². The molecule has 140 valence electrons. The number of aryl methyl sites for hydroxylation is 2. The number of amides is 1. The van der Waals surface area contributed by atoms with Crippen molar-refractivity contribution < 1.29 is 14.3 Å². The minimum atomic E-state index is -0.489. The molecule has 6 heteroatoms. The molecule has 0 aliphatic carbocycles. The van der Waals surface area contributed by atoms with Gasteiger partial charge in [-0.25, -0.2) is 0 Å². The number of pyridine rings is 1. The van der Waals surface area contributed by atoms with Gasteiger partial charge in [0.25, 0.3) is 5.91 Å². The first-order chi connectivity index (χ1) is 13.0. The summed E-state index contributed by atoms with van der Waals surface area (Å²) in [6.45, 7) is 4.53. The number of fused-ring (bicyclic) bond motifs is 1. The van der Waals surface area contributed by atoms with Gasteiger partial charge in [0.15, 0.2) is 0 Å². The highest BCUT2D eigenvalue weighted by molar-refractivity contribution is 6.06. The van der Waals surface area contributed by atoms with Gasteiger partial charge in [-0.2, -0.15) is 0 Å². The lowest BCUT2D eigenvalue weighted by Gasteiger charge is -2.14. The van der Waals surface area contributed by atoms with Crippen molar-refractivity contribution >= 4 is 22.5 Å². The molecule has 0 spiro atoms. The van der Waals surface area contributed by atoms with Gasteiger partial charge in [-0.3, -0.25) is 9.59 Å². The fourth-order valence-corrected chi connectivity index (χ4v) is 3.04. The summed E-state index contributed by atoms with van der Waals surface area (Å²) < 4.78 is 12.4. The number of benzene rings is 2. The highest BCUT2D eigenvalue weighted by Crippen LogP contribution is 2.29. The van der Waals surface area contributed by atoms with E-state index in [0.29, 0.717) is 29.1 Å². The van der Waals surface area contributed by atoms with Gasteiger partial charge in [-0.15, -0.1) is 0 Å².